The van der Waals surface area contributed by atoms with Crippen molar-refractivity contribution >= 4 is 34.0 Å². The van der Waals surface area contributed by atoms with Gasteiger partial charge in [-0.1, -0.05) is 54.9 Å². The van der Waals surface area contributed by atoms with E-state index in [4.69, 9.17) is 9.47 Å². The second-order valence-corrected chi connectivity index (χ2v) is 9.25. The maximum Gasteiger partial charge on any atom is 0.343 e. The molecule has 0 radical (unpaired) electrons. The van der Waals surface area contributed by atoms with Gasteiger partial charge in [-0.25, -0.2) is 10.2 Å². The molecule has 0 aromatic heterocycles. The highest BCUT2D eigenvalue weighted by molar-refractivity contribution is 9.10. The predicted molar refractivity (Wildman–Crippen MR) is 132 cm³/mol. The Balaban J connectivity index is 1.65. The number of amides is 1. The fourth-order valence-electron chi connectivity index (χ4n) is 2.97. The summed E-state index contributed by atoms with van der Waals surface area (Å²) in [5.41, 5.74) is 5.28. The van der Waals surface area contributed by atoms with Gasteiger partial charge >= 0.3 is 5.97 Å². The zero-order valence-electron chi connectivity index (χ0n) is 18.9. The third-order valence-electron chi connectivity index (χ3n) is 4.84. The summed E-state index contributed by atoms with van der Waals surface area (Å²) in [5, 5.41) is 4.02. The molecule has 0 fully saturated rings. The Bertz CT molecular complexity index is 1180. The number of esters is 1. The van der Waals surface area contributed by atoms with Gasteiger partial charge in [-0.15, -0.1) is 0 Å². The second-order valence-electron chi connectivity index (χ2n) is 8.34. The molecule has 3 aromatic carbocycles. The Hall–Kier alpha value is -3.45. The van der Waals surface area contributed by atoms with Gasteiger partial charge in [0.2, 0.25) is 0 Å². The summed E-state index contributed by atoms with van der Waals surface area (Å²) in [5.74, 6) is -0.159. The van der Waals surface area contributed by atoms with Crippen LogP contribution in [-0.2, 0) is 5.41 Å². The number of carbonyl (C=O) groups excluding carboxylic acids is 2. The Labute approximate surface area is 201 Å². The summed E-state index contributed by atoms with van der Waals surface area (Å²) in [6.07, 6.45) is 1.49. The lowest BCUT2D eigenvalue weighted by Crippen LogP contribution is -2.18. The molecule has 0 saturated heterocycles. The molecule has 3 aromatic rings. The van der Waals surface area contributed by atoms with Crippen LogP contribution in [-0.4, -0.2) is 25.2 Å². The summed E-state index contributed by atoms with van der Waals surface area (Å²) in [6.45, 7) is 6.36. The van der Waals surface area contributed by atoms with Crippen LogP contribution in [0.5, 0.6) is 11.5 Å². The first kappa shape index (κ1) is 24.2. The highest BCUT2D eigenvalue weighted by atomic mass is 79.9. The number of ether oxygens (including phenoxy) is 2. The normalized spacial score (nSPS) is 11.3. The average Bonchev–Trinajstić information content (AvgIpc) is 2.79. The van der Waals surface area contributed by atoms with Gasteiger partial charge in [0.1, 0.15) is 0 Å². The molecule has 0 bridgehead atoms. The maximum atomic E-state index is 12.4. The molecule has 0 heterocycles. The number of nitrogens with zero attached hydrogens (tertiary/aromatic N) is 1. The minimum absolute atomic E-state index is 0.0185. The van der Waals surface area contributed by atoms with Crippen molar-refractivity contribution in [2.24, 2.45) is 5.10 Å². The van der Waals surface area contributed by atoms with Gasteiger partial charge < -0.3 is 9.47 Å². The number of hydrazone groups is 1. The quantitative estimate of drug-likeness (QED) is 0.199. The number of benzene rings is 3. The Morgan fingerprint density at radius 1 is 0.939 bits per heavy atom. The maximum absolute atomic E-state index is 12.4. The summed E-state index contributed by atoms with van der Waals surface area (Å²) >= 11 is 3.34. The predicted octanol–water partition coefficient (Wildman–Crippen LogP) is 5.74. The molecule has 33 heavy (non-hydrogen) atoms. The monoisotopic (exact) mass is 508 g/mol. The summed E-state index contributed by atoms with van der Waals surface area (Å²) in [7, 11) is 1.48. The van der Waals surface area contributed by atoms with E-state index in [1.54, 1.807) is 48.5 Å². The SMILES string of the molecule is COc1cc(/C=N/NC(=O)c2ccc(C(C)(C)C)cc2)ccc1OC(=O)c1cccc(Br)c1. The van der Waals surface area contributed by atoms with E-state index in [0.29, 0.717) is 22.4 Å². The lowest BCUT2D eigenvalue weighted by molar-refractivity contribution is 0.0729. The van der Waals surface area contributed by atoms with E-state index in [2.05, 4.69) is 47.2 Å². The Morgan fingerprint density at radius 2 is 1.67 bits per heavy atom. The lowest BCUT2D eigenvalue weighted by Gasteiger charge is -2.18. The topological polar surface area (TPSA) is 77.0 Å². The third kappa shape index (κ3) is 6.52. The van der Waals surface area contributed by atoms with Gasteiger partial charge in [0.25, 0.3) is 5.91 Å². The highest BCUT2D eigenvalue weighted by Crippen LogP contribution is 2.28. The van der Waals surface area contributed by atoms with Crippen LogP contribution in [0, 0.1) is 0 Å². The van der Waals surface area contributed by atoms with Crippen molar-refractivity contribution in [1.29, 1.82) is 0 Å². The van der Waals surface area contributed by atoms with Crippen LogP contribution in [0.1, 0.15) is 52.6 Å². The third-order valence-corrected chi connectivity index (χ3v) is 5.34. The first-order chi connectivity index (χ1) is 15.7. The molecule has 0 unspecified atom stereocenters. The molecule has 0 aliphatic carbocycles. The number of hydrogen-bond donors (Lipinski definition) is 1. The van der Waals surface area contributed by atoms with Crippen molar-refractivity contribution in [2.75, 3.05) is 7.11 Å². The van der Waals surface area contributed by atoms with Crippen LogP contribution in [0.2, 0.25) is 0 Å². The molecule has 0 spiro atoms. The van der Waals surface area contributed by atoms with E-state index in [9.17, 15) is 9.59 Å². The van der Waals surface area contributed by atoms with Crippen molar-refractivity contribution < 1.29 is 19.1 Å². The van der Waals surface area contributed by atoms with Gasteiger partial charge in [-0.3, -0.25) is 4.79 Å². The first-order valence-electron chi connectivity index (χ1n) is 10.3. The molecule has 0 atom stereocenters. The molecule has 6 nitrogen and oxygen atoms in total. The minimum Gasteiger partial charge on any atom is -0.493 e. The average molecular weight is 509 g/mol. The van der Waals surface area contributed by atoms with Crippen LogP contribution in [0.3, 0.4) is 0 Å². The van der Waals surface area contributed by atoms with E-state index >= 15 is 0 Å². The molecule has 0 aliphatic heterocycles. The van der Waals surface area contributed by atoms with Crippen LogP contribution < -0.4 is 14.9 Å². The number of hydrogen-bond acceptors (Lipinski definition) is 5. The fraction of sp³-hybridized carbons (Fsp3) is 0.192. The Kier molecular flexibility index (Phi) is 7.66. The van der Waals surface area contributed by atoms with Crippen molar-refractivity contribution in [3.63, 3.8) is 0 Å². The second kappa shape index (κ2) is 10.4. The number of methoxy groups -OCH3 is 1. The molecule has 1 N–H and O–H groups in total. The number of rotatable bonds is 6. The van der Waals surface area contributed by atoms with Crippen LogP contribution in [0.15, 0.2) is 76.3 Å². The van der Waals surface area contributed by atoms with E-state index < -0.39 is 5.97 Å². The lowest BCUT2D eigenvalue weighted by atomic mass is 9.87. The largest absolute Gasteiger partial charge is 0.493 e. The zero-order valence-corrected chi connectivity index (χ0v) is 20.5. The van der Waals surface area contributed by atoms with Crippen LogP contribution >= 0.6 is 15.9 Å². The highest BCUT2D eigenvalue weighted by Gasteiger charge is 2.15. The first-order valence-corrected chi connectivity index (χ1v) is 11.1. The molecule has 0 saturated carbocycles. The number of carbonyl (C=O) groups is 2. The van der Waals surface area contributed by atoms with Crippen molar-refractivity contribution in [3.05, 3.63) is 93.5 Å². The summed E-state index contributed by atoms with van der Waals surface area (Å²) in [4.78, 5) is 24.7. The van der Waals surface area contributed by atoms with Gasteiger partial charge in [0.05, 0.1) is 18.9 Å². The molecule has 1 amide bonds. The summed E-state index contributed by atoms with van der Waals surface area (Å²) in [6, 6.07) is 19.4. The minimum atomic E-state index is -0.499. The zero-order chi connectivity index (χ0) is 24.0. The summed E-state index contributed by atoms with van der Waals surface area (Å²) < 4.78 is 11.6. The standard InChI is InChI=1S/C26H25BrN2O4/c1-26(2,3)20-11-9-18(10-12-20)24(30)29-28-16-17-8-13-22(23(14-17)32-4)33-25(31)19-6-5-7-21(27)15-19/h5-16H,1-4H3,(H,29,30)/b28-16+. The van der Waals surface area contributed by atoms with Crippen molar-refractivity contribution in [1.82, 2.24) is 5.43 Å². The van der Waals surface area contributed by atoms with Gasteiger partial charge in [0.15, 0.2) is 11.5 Å². The molecular formula is C26H25BrN2O4. The van der Waals surface area contributed by atoms with E-state index in [1.807, 2.05) is 18.2 Å². The van der Waals surface area contributed by atoms with Crippen molar-refractivity contribution in [3.8, 4) is 11.5 Å². The van der Waals surface area contributed by atoms with Gasteiger partial charge in [-0.05, 0) is 65.1 Å². The molecular weight excluding hydrogens is 484 g/mol. The van der Waals surface area contributed by atoms with Crippen molar-refractivity contribution in [2.45, 2.75) is 26.2 Å². The van der Waals surface area contributed by atoms with Crippen LogP contribution in [0.4, 0.5) is 0 Å². The fourth-order valence-corrected chi connectivity index (χ4v) is 3.37. The van der Waals surface area contributed by atoms with Gasteiger partial charge in [0, 0.05) is 10.0 Å². The molecule has 0 aliphatic rings. The van der Waals surface area contributed by atoms with Gasteiger partial charge in [-0.2, -0.15) is 5.10 Å². The number of halogens is 1. The van der Waals surface area contributed by atoms with Crippen LogP contribution in [0.25, 0.3) is 0 Å². The Morgan fingerprint density at radius 3 is 2.30 bits per heavy atom. The number of nitrogens with one attached hydrogen (secondary N) is 1. The molecule has 7 heteroatoms. The van der Waals surface area contributed by atoms with E-state index in [0.717, 1.165) is 10.0 Å². The smallest absolute Gasteiger partial charge is 0.343 e. The molecule has 3 rings (SSSR count). The van der Waals surface area contributed by atoms with E-state index in [1.165, 1.54) is 13.3 Å². The molecule has 170 valence electrons. The van der Waals surface area contributed by atoms with E-state index in [-0.39, 0.29) is 17.1 Å².